The highest BCUT2D eigenvalue weighted by molar-refractivity contribution is 7.14. The van der Waals surface area contributed by atoms with E-state index in [0.717, 1.165) is 4.88 Å². The zero-order valence-electron chi connectivity index (χ0n) is 15.2. The molecule has 144 valence electrons. The summed E-state index contributed by atoms with van der Waals surface area (Å²) in [6.07, 6.45) is -1.26. The Kier molecular flexibility index (Phi) is 6.57. The number of hydrogen-bond acceptors (Lipinski definition) is 4. The van der Waals surface area contributed by atoms with Crippen LogP contribution in [0.25, 0.3) is 0 Å². The summed E-state index contributed by atoms with van der Waals surface area (Å²) in [5, 5.41) is 2.33. The van der Waals surface area contributed by atoms with E-state index in [2.05, 4.69) is 19.2 Å². The summed E-state index contributed by atoms with van der Waals surface area (Å²) in [5.74, 6) is -0.184. The predicted molar refractivity (Wildman–Crippen MR) is 98.0 cm³/mol. The van der Waals surface area contributed by atoms with E-state index in [9.17, 15) is 18.8 Å². The number of nitrogens with one attached hydrogen (secondary N) is 1. The molecule has 2 unspecified atom stereocenters. The number of halogens is 1. The zero-order valence-corrected chi connectivity index (χ0v) is 16.0. The molecule has 0 aromatic carbocycles. The molecule has 1 aliphatic rings. The van der Waals surface area contributed by atoms with Gasteiger partial charge in [0.1, 0.15) is 6.17 Å². The molecule has 7 nitrogen and oxygen atoms in total. The van der Waals surface area contributed by atoms with Gasteiger partial charge in [0.05, 0.1) is 17.5 Å². The largest absolute Gasteiger partial charge is 0.352 e. The number of carbonyl (C=O) groups is 3. The first-order valence-corrected chi connectivity index (χ1v) is 9.34. The normalized spacial score (nSPS) is 19.7. The molecule has 0 radical (unpaired) electrons. The van der Waals surface area contributed by atoms with Gasteiger partial charge in [0.25, 0.3) is 5.91 Å². The van der Waals surface area contributed by atoms with Crippen molar-refractivity contribution in [3.63, 3.8) is 0 Å². The molecule has 0 spiro atoms. The van der Waals surface area contributed by atoms with Gasteiger partial charge in [0.15, 0.2) is 0 Å². The van der Waals surface area contributed by atoms with Gasteiger partial charge in [-0.2, -0.15) is 0 Å². The molecule has 0 bridgehead atoms. The Morgan fingerprint density at radius 1 is 1.38 bits per heavy atom. The molecule has 3 N–H and O–H groups in total. The maximum absolute atomic E-state index is 14.4. The van der Waals surface area contributed by atoms with Gasteiger partial charge in [0.2, 0.25) is 5.91 Å². The van der Waals surface area contributed by atoms with Crippen LogP contribution in [0.5, 0.6) is 0 Å². The van der Waals surface area contributed by atoms with Crippen LogP contribution in [-0.2, 0) is 4.79 Å². The lowest BCUT2D eigenvalue weighted by Crippen LogP contribution is -2.43. The molecule has 9 heteroatoms. The first kappa shape index (κ1) is 20.2. The van der Waals surface area contributed by atoms with Crippen LogP contribution in [0, 0.1) is 0 Å². The second-order valence-corrected chi connectivity index (χ2v) is 7.81. The number of rotatable bonds is 6. The number of likely N-dealkylation sites (N-methyl/N-ethyl adjacent to an activating group) is 1. The Balaban J connectivity index is 1.96. The van der Waals surface area contributed by atoms with Crippen LogP contribution in [0.1, 0.15) is 40.7 Å². The topological polar surface area (TPSA) is 95.7 Å². The van der Waals surface area contributed by atoms with Crippen molar-refractivity contribution in [1.29, 1.82) is 0 Å². The summed E-state index contributed by atoms with van der Waals surface area (Å²) in [5.41, 5.74) is 4.95. The van der Waals surface area contributed by atoms with Crippen molar-refractivity contribution in [2.75, 3.05) is 26.7 Å². The summed E-state index contributed by atoms with van der Waals surface area (Å²) in [6.45, 7) is 4.29. The van der Waals surface area contributed by atoms with Crippen LogP contribution in [0.3, 0.4) is 0 Å². The highest BCUT2D eigenvalue weighted by Crippen LogP contribution is 2.27. The number of carbonyl (C=O) groups excluding carboxylic acids is 3. The third-order valence-electron chi connectivity index (χ3n) is 4.43. The molecule has 1 aromatic heterocycles. The van der Waals surface area contributed by atoms with Crippen LogP contribution in [-0.4, -0.2) is 66.5 Å². The van der Waals surface area contributed by atoms with Crippen LogP contribution >= 0.6 is 11.3 Å². The van der Waals surface area contributed by atoms with Gasteiger partial charge in [0, 0.05) is 31.4 Å². The SMILES string of the molecule is CC(C)c1ccc(C(=O)N(C)C2CN(C(=O)CCNC(N)=O)CC2F)s1. The van der Waals surface area contributed by atoms with Gasteiger partial charge in [-0.05, 0) is 18.1 Å². The number of amides is 4. The van der Waals surface area contributed by atoms with Crippen LogP contribution in [0.15, 0.2) is 12.1 Å². The van der Waals surface area contributed by atoms with E-state index < -0.39 is 18.2 Å². The van der Waals surface area contributed by atoms with E-state index in [-0.39, 0.29) is 37.9 Å². The smallest absolute Gasteiger partial charge is 0.312 e. The average Bonchev–Trinajstić information content (AvgIpc) is 3.20. The average molecular weight is 384 g/mol. The fourth-order valence-electron chi connectivity index (χ4n) is 2.87. The Hall–Kier alpha value is -2.16. The second-order valence-electron chi connectivity index (χ2n) is 6.70. The van der Waals surface area contributed by atoms with Gasteiger partial charge >= 0.3 is 6.03 Å². The lowest BCUT2D eigenvalue weighted by Gasteiger charge is -2.25. The molecule has 2 rings (SSSR count). The first-order valence-electron chi connectivity index (χ1n) is 8.52. The minimum atomic E-state index is -1.30. The van der Waals surface area contributed by atoms with E-state index in [1.807, 2.05) is 6.07 Å². The van der Waals surface area contributed by atoms with Gasteiger partial charge in [-0.25, -0.2) is 9.18 Å². The summed E-state index contributed by atoms with van der Waals surface area (Å²) in [6, 6.07) is 2.29. The number of nitrogens with two attached hydrogens (primary N) is 1. The number of alkyl halides is 1. The van der Waals surface area contributed by atoms with Crippen LogP contribution < -0.4 is 11.1 Å². The fraction of sp³-hybridized carbons (Fsp3) is 0.588. The summed E-state index contributed by atoms with van der Waals surface area (Å²) in [4.78, 5) is 39.8. The lowest BCUT2D eigenvalue weighted by molar-refractivity contribution is -0.130. The fourth-order valence-corrected chi connectivity index (χ4v) is 3.86. The zero-order chi connectivity index (χ0) is 19.4. The van der Waals surface area contributed by atoms with Gasteiger partial charge in [-0.1, -0.05) is 13.8 Å². The highest BCUT2D eigenvalue weighted by Gasteiger charge is 2.39. The molecular formula is C17H25FN4O3S. The molecule has 0 aliphatic carbocycles. The van der Waals surface area contributed by atoms with Crippen molar-refractivity contribution < 1.29 is 18.8 Å². The molecule has 2 heterocycles. The van der Waals surface area contributed by atoms with E-state index >= 15 is 0 Å². The molecule has 1 aromatic rings. The molecule has 4 amide bonds. The van der Waals surface area contributed by atoms with Crippen LogP contribution in [0.2, 0.25) is 0 Å². The van der Waals surface area contributed by atoms with Crippen molar-refractivity contribution in [3.8, 4) is 0 Å². The predicted octanol–water partition coefficient (Wildman–Crippen LogP) is 1.55. The van der Waals surface area contributed by atoms with Crippen molar-refractivity contribution >= 4 is 29.2 Å². The van der Waals surface area contributed by atoms with E-state index in [1.54, 1.807) is 13.1 Å². The maximum Gasteiger partial charge on any atom is 0.312 e. The number of primary amides is 1. The first-order chi connectivity index (χ1) is 12.2. The molecular weight excluding hydrogens is 359 g/mol. The maximum atomic E-state index is 14.4. The van der Waals surface area contributed by atoms with E-state index in [1.165, 1.54) is 21.1 Å². The number of likely N-dealkylation sites (tertiary alicyclic amines) is 1. The Labute approximate surface area is 156 Å². The third-order valence-corrected chi connectivity index (χ3v) is 5.81. The van der Waals surface area contributed by atoms with Crippen LogP contribution in [0.4, 0.5) is 9.18 Å². The Morgan fingerprint density at radius 2 is 2.08 bits per heavy atom. The number of urea groups is 1. The lowest BCUT2D eigenvalue weighted by atomic mass is 10.2. The minimum absolute atomic E-state index is 0.0444. The number of nitrogens with zero attached hydrogens (tertiary/aromatic N) is 2. The molecule has 26 heavy (non-hydrogen) atoms. The number of hydrogen-bond donors (Lipinski definition) is 2. The Bertz CT molecular complexity index is 679. The standard InChI is InChI=1S/C17H25FN4O3S/c1-10(2)13-4-5-14(26-13)16(24)21(3)12-9-22(8-11(12)18)15(23)6-7-20-17(19)25/h4-5,10-12H,6-9H2,1-3H3,(H3,19,20,25). The second kappa shape index (κ2) is 8.48. The Morgan fingerprint density at radius 3 is 2.65 bits per heavy atom. The monoisotopic (exact) mass is 384 g/mol. The molecule has 2 atom stereocenters. The minimum Gasteiger partial charge on any atom is -0.352 e. The van der Waals surface area contributed by atoms with Crippen molar-refractivity contribution in [2.24, 2.45) is 5.73 Å². The quantitative estimate of drug-likeness (QED) is 0.779. The van der Waals surface area contributed by atoms with Gasteiger partial charge in [-0.15, -0.1) is 11.3 Å². The van der Waals surface area contributed by atoms with Crippen molar-refractivity contribution in [2.45, 2.75) is 38.4 Å². The molecule has 0 saturated carbocycles. The molecule has 1 fully saturated rings. The van der Waals surface area contributed by atoms with Crippen molar-refractivity contribution in [3.05, 3.63) is 21.9 Å². The van der Waals surface area contributed by atoms with Gasteiger partial charge in [-0.3, -0.25) is 9.59 Å². The van der Waals surface area contributed by atoms with E-state index in [0.29, 0.717) is 10.8 Å². The number of thiophene rings is 1. The highest BCUT2D eigenvalue weighted by atomic mass is 32.1. The third kappa shape index (κ3) is 4.72. The van der Waals surface area contributed by atoms with Gasteiger partial charge < -0.3 is 20.9 Å². The molecule has 1 saturated heterocycles. The summed E-state index contributed by atoms with van der Waals surface area (Å²) in [7, 11) is 1.57. The molecule has 1 aliphatic heterocycles. The summed E-state index contributed by atoms with van der Waals surface area (Å²) >= 11 is 1.41. The van der Waals surface area contributed by atoms with Crippen molar-refractivity contribution in [1.82, 2.24) is 15.1 Å². The summed E-state index contributed by atoms with van der Waals surface area (Å²) < 4.78 is 14.4. The van der Waals surface area contributed by atoms with E-state index in [4.69, 9.17) is 5.73 Å².